The van der Waals surface area contributed by atoms with E-state index in [9.17, 15) is 5.11 Å². The van der Waals surface area contributed by atoms with E-state index in [0.29, 0.717) is 12.6 Å². The largest absolute Gasteiger partial charge is 0.395 e. The van der Waals surface area contributed by atoms with Gasteiger partial charge in [-0.05, 0) is 24.8 Å². The predicted octanol–water partition coefficient (Wildman–Crippen LogP) is 2.38. The molecule has 0 aliphatic rings. The van der Waals surface area contributed by atoms with Gasteiger partial charge < -0.3 is 15.2 Å². The second-order valence-corrected chi connectivity index (χ2v) is 5.19. The summed E-state index contributed by atoms with van der Waals surface area (Å²) in [5, 5.41) is 12.5. The van der Waals surface area contributed by atoms with Crippen LogP contribution in [0.25, 0.3) is 0 Å². The van der Waals surface area contributed by atoms with Gasteiger partial charge >= 0.3 is 0 Å². The van der Waals surface area contributed by atoms with Crippen molar-refractivity contribution in [2.75, 3.05) is 19.8 Å². The normalized spacial score (nSPS) is 12.8. The first-order valence-corrected chi connectivity index (χ1v) is 7.21. The fraction of sp³-hybridized carbons (Fsp3) is 0.625. The van der Waals surface area contributed by atoms with Gasteiger partial charge in [-0.1, -0.05) is 44.2 Å². The molecule has 1 aromatic carbocycles. The number of aliphatic hydroxyl groups excluding tert-OH is 1. The van der Waals surface area contributed by atoms with Crippen molar-refractivity contribution in [1.29, 1.82) is 0 Å². The maximum atomic E-state index is 9.21. The van der Waals surface area contributed by atoms with E-state index in [1.54, 1.807) is 0 Å². The van der Waals surface area contributed by atoms with Crippen molar-refractivity contribution in [3.8, 4) is 0 Å². The molecule has 0 aliphatic carbocycles. The zero-order valence-corrected chi connectivity index (χ0v) is 12.1. The Bertz CT molecular complexity index is 314. The van der Waals surface area contributed by atoms with Gasteiger partial charge in [0.15, 0.2) is 0 Å². The Kier molecular flexibility index (Phi) is 8.47. The highest BCUT2D eigenvalue weighted by Crippen LogP contribution is 2.03. The van der Waals surface area contributed by atoms with Crippen LogP contribution >= 0.6 is 0 Å². The Hall–Kier alpha value is -0.900. The van der Waals surface area contributed by atoms with Crippen LogP contribution in [-0.2, 0) is 11.2 Å². The van der Waals surface area contributed by atoms with Crippen LogP contribution < -0.4 is 5.32 Å². The molecule has 1 rings (SSSR count). The molecule has 108 valence electrons. The lowest BCUT2D eigenvalue weighted by Gasteiger charge is -2.18. The van der Waals surface area contributed by atoms with Crippen LogP contribution in [0.4, 0.5) is 0 Å². The summed E-state index contributed by atoms with van der Waals surface area (Å²) in [4.78, 5) is 0. The Labute approximate surface area is 117 Å². The van der Waals surface area contributed by atoms with Crippen molar-refractivity contribution in [2.45, 2.75) is 45.2 Å². The Balaban J connectivity index is 2.01. The Morgan fingerprint density at radius 1 is 1.16 bits per heavy atom. The summed E-state index contributed by atoms with van der Waals surface area (Å²) in [5.74, 6) is 0. The maximum Gasteiger partial charge on any atom is 0.0585 e. The highest BCUT2D eigenvalue weighted by molar-refractivity contribution is 5.14. The molecule has 1 unspecified atom stereocenters. The van der Waals surface area contributed by atoms with E-state index >= 15 is 0 Å². The van der Waals surface area contributed by atoms with E-state index in [-0.39, 0.29) is 12.6 Å². The fourth-order valence-electron chi connectivity index (χ4n) is 2.05. The van der Waals surface area contributed by atoms with Crippen LogP contribution in [0.3, 0.4) is 0 Å². The monoisotopic (exact) mass is 265 g/mol. The predicted molar refractivity (Wildman–Crippen MR) is 79.3 cm³/mol. The van der Waals surface area contributed by atoms with Crippen molar-refractivity contribution in [3.05, 3.63) is 35.9 Å². The fourth-order valence-corrected chi connectivity index (χ4v) is 2.05. The lowest BCUT2D eigenvalue weighted by atomic mass is 10.1. The van der Waals surface area contributed by atoms with E-state index in [0.717, 1.165) is 25.9 Å². The van der Waals surface area contributed by atoms with Crippen molar-refractivity contribution >= 4 is 0 Å². The van der Waals surface area contributed by atoms with Gasteiger partial charge in [-0.15, -0.1) is 0 Å². The van der Waals surface area contributed by atoms with Crippen molar-refractivity contribution in [3.63, 3.8) is 0 Å². The van der Waals surface area contributed by atoms with Crippen LogP contribution in [-0.4, -0.2) is 37.0 Å². The van der Waals surface area contributed by atoms with E-state index in [1.165, 1.54) is 5.56 Å². The number of aliphatic hydroxyl groups is 1. The second kappa shape index (κ2) is 9.96. The zero-order chi connectivity index (χ0) is 13.9. The molecule has 0 spiro atoms. The SMILES string of the molecule is CC(C)NC(CO)CCOCCCc1ccccc1. The third-order valence-electron chi connectivity index (χ3n) is 3.00. The van der Waals surface area contributed by atoms with E-state index in [1.807, 2.05) is 6.07 Å². The van der Waals surface area contributed by atoms with Gasteiger partial charge in [-0.2, -0.15) is 0 Å². The summed E-state index contributed by atoms with van der Waals surface area (Å²) in [6.07, 6.45) is 2.97. The smallest absolute Gasteiger partial charge is 0.0585 e. The number of rotatable bonds is 10. The highest BCUT2D eigenvalue weighted by Gasteiger charge is 2.07. The molecule has 0 heterocycles. The lowest BCUT2D eigenvalue weighted by molar-refractivity contribution is 0.110. The topological polar surface area (TPSA) is 41.5 Å². The van der Waals surface area contributed by atoms with Gasteiger partial charge in [0.05, 0.1) is 6.61 Å². The first kappa shape index (κ1) is 16.2. The lowest BCUT2D eigenvalue weighted by Crippen LogP contribution is -2.38. The molecule has 0 saturated heterocycles. The van der Waals surface area contributed by atoms with Crippen LogP contribution in [0.5, 0.6) is 0 Å². The van der Waals surface area contributed by atoms with Crippen LogP contribution in [0, 0.1) is 0 Å². The number of benzene rings is 1. The molecule has 0 radical (unpaired) electrons. The number of nitrogens with one attached hydrogen (secondary N) is 1. The van der Waals surface area contributed by atoms with Crippen LogP contribution in [0.15, 0.2) is 30.3 Å². The molecular weight excluding hydrogens is 238 g/mol. The molecule has 3 heteroatoms. The molecule has 2 N–H and O–H groups in total. The molecular formula is C16H27NO2. The molecule has 0 amide bonds. The molecule has 0 aliphatic heterocycles. The van der Waals surface area contributed by atoms with Crippen LogP contribution in [0.1, 0.15) is 32.3 Å². The highest BCUT2D eigenvalue weighted by atomic mass is 16.5. The van der Waals surface area contributed by atoms with Gasteiger partial charge in [-0.3, -0.25) is 0 Å². The van der Waals surface area contributed by atoms with Crippen molar-refractivity contribution in [1.82, 2.24) is 5.32 Å². The minimum atomic E-state index is 0.147. The minimum absolute atomic E-state index is 0.147. The molecule has 0 aromatic heterocycles. The average molecular weight is 265 g/mol. The third kappa shape index (κ3) is 7.98. The number of ether oxygens (including phenoxy) is 1. The zero-order valence-electron chi connectivity index (χ0n) is 12.1. The standard InChI is InChI=1S/C16H27NO2/c1-14(2)17-16(13-18)10-12-19-11-6-9-15-7-4-3-5-8-15/h3-5,7-8,14,16-18H,6,9-13H2,1-2H3. The summed E-state index contributed by atoms with van der Waals surface area (Å²) in [6.45, 7) is 5.84. The van der Waals surface area contributed by atoms with Crippen molar-refractivity contribution in [2.24, 2.45) is 0 Å². The Morgan fingerprint density at radius 3 is 2.53 bits per heavy atom. The van der Waals surface area contributed by atoms with Gasteiger partial charge in [0.2, 0.25) is 0 Å². The quantitative estimate of drug-likeness (QED) is 0.638. The molecule has 0 fully saturated rings. The Morgan fingerprint density at radius 2 is 1.89 bits per heavy atom. The summed E-state index contributed by atoms with van der Waals surface area (Å²) >= 11 is 0. The first-order valence-electron chi connectivity index (χ1n) is 7.21. The number of hydrogen-bond donors (Lipinski definition) is 2. The van der Waals surface area contributed by atoms with Crippen molar-refractivity contribution < 1.29 is 9.84 Å². The summed E-state index contributed by atoms with van der Waals surface area (Å²) in [7, 11) is 0. The van der Waals surface area contributed by atoms with Gasteiger partial charge in [0.1, 0.15) is 0 Å². The molecule has 0 bridgehead atoms. The molecule has 1 atom stereocenters. The third-order valence-corrected chi connectivity index (χ3v) is 3.00. The first-order chi connectivity index (χ1) is 9.22. The molecule has 1 aromatic rings. The number of aryl methyl sites for hydroxylation is 1. The maximum absolute atomic E-state index is 9.21. The molecule has 19 heavy (non-hydrogen) atoms. The van der Waals surface area contributed by atoms with Crippen LogP contribution in [0.2, 0.25) is 0 Å². The second-order valence-electron chi connectivity index (χ2n) is 5.19. The molecule has 0 saturated carbocycles. The van der Waals surface area contributed by atoms with E-state index < -0.39 is 0 Å². The van der Waals surface area contributed by atoms with Gasteiger partial charge in [-0.25, -0.2) is 0 Å². The summed E-state index contributed by atoms with van der Waals surface area (Å²) in [6, 6.07) is 11.0. The van der Waals surface area contributed by atoms with E-state index in [4.69, 9.17) is 4.74 Å². The van der Waals surface area contributed by atoms with Gasteiger partial charge in [0.25, 0.3) is 0 Å². The summed E-state index contributed by atoms with van der Waals surface area (Å²) < 4.78 is 5.62. The average Bonchev–Trinajstić information content (AvgIpc) is 2.42. The molecule has 3 nitrogen and oxygen atoms in total. The van der Waals surface area contributed by atoms with Gasteiger partial charge in [0, 0.05) is 25.3 Å². The minimum Gasteiger partial charge on any atom is -0.395 e. The number of hydrogen-bond acceptors (Lipinski definition) is 3. The van der Waals surface area contributed by atoms with E-state index in [2.05, 4.69) is 43.4 Å². The summed E-state index contributed by atoms with van der Waals surface area (Å²) in [5.41, 5.74) is 1.36.